The number of ketones is 1. The van der Waals surface area contributed by atoms with E-state index in [9.17, 15) is 18.0 Å². The molecule has 0 unspecified atom stereocenters. The first-order valence-corrected chi connectivity index (χ1v) is 7.12. The molecule has 0 aliphatic carbocycles. The third kappa shape index (κ3) is 4.61. The summed E-state index contributed by atoms with van der Waals surface area (Å²) in [4.78, 5) is 11.3. The number of carbonyl (C=O) groups excluding carboxylic acids is 1. The van der Waals surface area contributed by atoms with Crippen LogP contribution >= 0.6 is 31.9 Å². The molecule has 0 N–H and O–H groups in total. The molecule has 2 nitrogen and oxygen atoms in total. The Labute approximate surface area is 119 Å². The Morgan fingerprint density at radius 2 is 1.83 bits per heavy atom. The average Bonchev–Trinajstić information content (AvgIpc) is 2.29. The molecule has 1 rings (SSSR count). The second-order valence-corrected chi connectivity index (χ2v) is 4.56. The Bertz CT molecular complexity index is 433. The third-order valence-corrected chi connectivity index (χ3v) is 3.31. The molecule has 0 aliphatic rings. The Hall–Kier alpha value is -0.560. The lowest BCUT2D eigenvalue weighted by molar-refractivity contribution is -0.275. The number of carbonyl (C=O) groups is 1. The molecule has 0 aliphatic heterocycles. The van der Waals surface area contributed by atoms with Crippen LogP contribution in [0, 0.1) is 0 Å². The summed E-state index contributed by atoms with van der Waals surface area (Å²) in [5, 5.41) is 0.311. The molecule has 1 aromatic carbocycles. The van der Waals surface area contributed by atoms with Gasteiger partial charge in [0.15, 0.2) is 0 Å². The number of Topliss-reactive ketones (excluding diaryl/α,β-unsaturated/α-hetero) is 1. The standard InChI is InChI=1S/C11H9Br2F3O2/c12-5-8-3-1-2-7(4-9(17)6-13)10(8)18-11(14,15)16/h1-3H,4-6H2. The first kappa shape index (κ1) is 15.5. The maximum atomic E-state index is 12.3. The second-order valence-electron chi connectivity index (χ2n) is 3.44. The fourth-order valence-electron chi connectivity index (χ4n) is 1.39. The van der Waals surface area contributed by atoms with Crippen LogP contribution in [0.4, 0.5) is 13.2 Å². The van der Waals surface area contributed by atoms with Crippen LogP contribution in [0.25, 0.3) is 0 Å². The molecule has 0 radical (unpaired) electrons. The van der Waals surface area contributed by atoms with Gasteiger partial charge in [-0.1, -0.05) is 50.1 Å². The van der Waals surface area contributed by atoms with Gasteiger partial charge in [0.2, 0.25) is 0 Å². The molecule has 0 amide bonds. The highest BCUT2D eigenvalue weighted by Crippen LogP contribution is 2.32. The molecular formula is C11H9Br2F3O2. The third-order valence-electron chi connectivity index (χ3n) is 2.08. The van der Waals surface area contributed by atoms with Crippen LogP contribution in [0.5, 0.6) is 5.75 Å². The van der Waals surface area contributed by atoms with Crippen molar-refractivity contribution in [1.29, 1.82) is 0 Å². The summed E-state index contributed by atoms with van der Waals surface area (Å²) in [6, 6.07) is 4.56. The van der Waals surface area contributed by atoms with Gasteiger partial charge in [0, 0.05) is 22.9 Å². The zero-order valence-electron chi connectivity index (χ0n) is 9.06. The van der Waals surface area contributed by atoms with E-state index in [0.717, 1.165) is 0 Å². The Balaban J connectivity index is 3.12. The second kappa shape index (κ2) is 6.56. The van der Waals surface area contributed by atoms with Crippen LogP contribution in [0.2, 0.25) is 0 Å². The van der Waals surface area contributed by atoms with Crippen molar-refractivity contribution in [3.8, 4) is 5.75 Å². The van der Waals surface area contributed by atoms with Crippen LogP contribution in [0.3, 0.4) is 0 Å². The summed E-state index contributed by atoms with van der Waals surface area (Å²) < 4.78 is 41.0. The number of rotatable bonds is 5. The normalized spacial score (nSPS) is 11.4. The fraction of sp³-hybridized carbons (Fsp3) is 0.364. The van der Waals surface area contributed by atoms with Crippen molar-refractivity contribution < 1.29 is 22.7 Å². The molecule has 100 valence electrons. The molecular weight excluding hydrogens is 381 g/mol. The summed E-state index contributed by atoms with van der Waals surface area (Å²) in [5.74, 6) is -0.509. The van der Waals surface area contributed by atoms with Crippen LogP contribution in [-0.4, -0.2) is 17.5 Å². The van der Waals surface area contributed by atoms with E-state index in [1.54, 1.807) is 6.07 Å². The Morgan fingerprint density at radius 3 is 2.33 bits per heavy atom. The van der Waals surface area contributed by atoms with Gasteiger partial charge in [-0.3, -0.25) is 4.79 Å². The molecule has 1 aromatic rings. The SMILES string of the molecule is O=C(CBr)Cc1cccc(CBr)c1OC(F)(F)F. The maximum absolute atomic E-state index is 12.3. The van der Waals surface area contributed by atoms with Crippen molar-refractivity contribution in [1.82, 2.24) is 0 Å². The minimum absolute atomic E-state index is 0.0942. The number of hydrogen-bond acceptors (Lipinski definition) is 2. The minimum atomic E-state index is -4.77. The van der Waals surface area contributed by atoms with Crippen LogP contribution in [0.1, 0.15) is 11.1 Å². The Morgan fingerprint density at radius 1 is 1.22 bits per heavy atom. The number of para-hydroxylation sites is 1. The first-order chi connectivity index (χ1) is 8.37. The van der Waals surface area contributed by atoms with Crippen molar-refractivity contribution >= 4 is 37.6 Å². The van der Waals surface area contributed by atoms with Crippen molar-refractivity contribution in [2.45, 2.75) is 18.1 Å². The highest BCUT2D eigenvalue weighted by atomic mass is 79.9. The number of hydrogen-bond donors (Lipinski definition) is 0. The number of halogens is 5. The van der Waals surface area contributed by atoms with Crippen LogP contribution < -0.4 is 4.74 Å². The van der Waals surface area contributed by atoms with Gasteiger partial charge in [0.1, 0.15) is 11.5 Å². The predicted molar refractivity (Wildman–Crippen MR) is 68.3 cm³/mol. The van der Waals surface area contributed by atoms with E-state index >= 15 is 0 Å². The van der Waals surface area contributed by atoms with Crippen LogP contribution in [-0.2, 0) is 16.5 Å². The van der Waals surface area contributed by atoms with Crippen molar-refractivity contribution in [2.24, 2.45) is 0 Å². The molecule has 0 bridgehead atoms. The highest BCUT2D eigenvalue weighted by molar-refractivity contribution is 9.09. The van der Waals surface area contributed by atoms with Crippen molar-refractivity contribution in [2.75, 3.05) is 5.33 Å². The van der Waals surface area contributed by atoms with Gasteiger partial charge in [-0.15, -0.1) is 13.2 Å². The zero-order valence-corrected chi connectivity index (χ0v) is 12.2. The average molecular weight is 390 g/mol. The van der Waals surface area contributed by atoms with E-state index in [4.69, 9.17) is 0 Å². The molecule has 0 heterocycles. The highest BCUT2D eigenvalue weighted by Gasteiger charge is 2.33. The van der Waals surface area contributed by atoms with Gasteiger partial charge in [0.05, 0.1) is 5.33 Å². The lowest BCUT2D eigenvalue weighted by Crippen LogP contribution is -2.20. The fourth-order valence-corrected chi connectivity index (χ4v) is 2.03. The molecule has 7 heteroatoms. The van der Waals surface area contributed by atoms with Gasteiger partial charge in [-0.25, -0.2) is 0 Å². The Kier molecular flexibility index (Phi) is 5.65. The zero-order chi connectivity index (χ0) is 13.8. The summed E-state index contributed by atoms with van der Waals surface area (Å²) >= 11 is 6.06. The number of benzene rings is 1. The molecule has 0 atom stereocenters. The van der Waals surface area contributed by atoms with E-state index in [1.807, 2.05) is 0 Å². The lowest BCUT2D eigenvalue weighted by Gasteiger charge is -2.15. The van der Waals surface area contributed by atoms with E-state index in [-0.39, 0.29) is 34.2 Å². The van der Waals surface area contributed by atoms with Gasteiger partial charge >= 0.3 is 6.36 Å². The van der Waals surface area contributed by atoms with E-state index in [1.165, 1.54) is 12.1 Å². The molecule has 0 saturated heterocycles. The minimum Gasteiger partial charge on any atom is -0.405 e. The van der Waals surface area contributed by atoms with E-state index in [0.29, 0.717) is 5.56 Å². The van der Waals surface area contributed by atoms with E-state index in [2.05, 4.69) is 36.6 Å². The molecule has 18 heavy (non-hydrogen) atoms. The molecule has 0 spiro atoms. The van der Waals surface area contributed by atoms with Crippen molar-refractivity contribution in [3.63, 3.8) is 0 Å². The summed E-state index contributed by atoms with van der Waals surface area (Å²) in [5.41, 5.74) is 0.584. The summed E-state index contributed by atoms with van der Waals surface area (Å²) in [6.07, 6.45) is -4.87. The van der Waals surface area contributed by atoms with Gasteiger partial charge in [-0.2, -0.15) is 0 Å². The smallest absolute Gasteiger partial charge is 0.405 e. The van der Waals surface area contributed by atoms with Gasteiger partial charge < -0.3 is 4.74 Å². The molecule has 0 aromatic heterocycles. The monoisotopic (exact) mass is 388 g/mol. The summed E-state index contributed by atoms with van der Waals surface area (Å²) in [6.45, 7) is 0. The van der Waals surface area contributed by atoms with Gasteiger partial charge in [0.25, 0.3) is 0 Å². The topological polar surface area (TPSA) is 26.3 Å². The van der Waals surface area contributed by atoms with E-state index < -0.39 is 6.36 Å². The summed E-state index contributed by atoms with van der Waals surface area (Å²) in [7, 11) is 0. The van der Waals surface area contributed by atoms with Crippen LogP contribution in [0.15, 0.2) is 18.2 Å². The van der Waals surface area contributed by atoms with Crippen molar-refractivity contribution in [3.05, 3.63) is 29.3 Å². The van der Waals surface area contributed by atoms with Gasteiger partial charge in [-0.05, 0) is 0 Å². The quantitative estimate of drug-likeness (QED) is 0.712. The molecule has 0 fully saturated rings. The lowest BCUT2D eigenvalue weighted by atomic mass is 10.1. The maximum Gasteiger partial charge on any atom is 0.573 e. The number of ether oxygens (including phenoxy) is 1. The predicted octanol–water partition coefficient (Wildman–Crippen LogP) is 3.99. The number of alkyl halides is 5. The first-order valence-electron chi connectivity index (χ1n) is 4.87. The largest absolute Gasteiger partial charge is 0.573 e. The molecule has 0 saturated carbocycles.